The SMILES string of the molecule is CNC(Cc1ccc(F)cc1C)c1ccc(C(C)C)cc1. The topological polar surface area (TPSA) is 12.0 Å². The van der Waals surface area contributed by atoms with Crippen LogP contribution in [0.5, 0.6) is 0 Å². The minimum atomic E-state index is -0.168. The van der Waals surface area contributed by atoms with Gasteiger partial charge in [-0.2, -0.15) is 0 Å². The Morgan fingerprint density at radius 1 is 1.00 bits per heavy atom. The van der Waals surface area contributed by atoms with E-state index < -0.39 is 0 Å². The first-order chi connectivity index (χ1) is 10.0. The molecular weight excluding hydrogens is 261 g/mol. The highest BCUT2D eigenvalue weighted by Crippen LogP contribution is 2.23. The predicted octanol–water partition coefficient (Wildman–Crippen LogP) is 4.76. The van der Waals surface area contributed by atoms with Crippen molar-refractivity contribution in [1.82, 2.24) is 5.32 Å². The molecule has 2 rings (SSSR count). The number of likely N-dealkylation sites (N-methyl/N-ethyl adjacent to an activating group) is 1. The number of hydrogen-bond acceptors (Lipinski definition) is 1. The van der Waals surface area contributed by atoms with Crippen LogP contribution in [0.1, 0.15) is 48.1 Å². The van der Waals surface area contributed by atoms with Crippen molar-refractivity contribution in [3.8, 4) is 0 Å². The van der Waals surface area contributed by atoms with E-state index in [-0.39, 0.29) is 11.9 Å². The number of hydrogen-bond donors (Lipinski definition) is 1. The molecule has 0 saturated carbocycles. The summed E-state index contributed by atoms with van der Waals surface area (Å²) in [5.74, 6) is 0.380. The largest absolute Gasteiger partial charge is 0.313 e. The Morgan fingerprint density at radius 3 is 2.14 bits per heavy atom. The lowest BCUT2D eigenvalue weighted by molar-refractivity contribution is 0.586. The second-order valence-corrected chi connectivity index (χ2v) is 5.94. The summed E-state index contributed by atoms with van der Waals surface area (Å²) in [4.78, 5) is 0. The summed E-state index contributed by atoms with van der Waals surface area (Å²) in [6.45, 7) is 6.37. The summed E-state index contributed by atoms with van der Waals surface area (Å²) in [5.41, 5.74) is 4.81. The van der Waals surface area contributed by atoms with E-state index in [1.165, 1.54) is 22.8 Å². The van der Waals surface area contributed by atoms with Crippen molar-refractivity contribution in [2.45, 2.75) is 39.2 Å². The molecule has 1 atom stereocenters. The van der Waals surface area contributed by atoms with Gasteiger partial charge in [0.05, 0.1) is 0 Å². The van der Waals surface area contributed by atoms with Crippen molar-refractivity contribution >= 4 is 0 Å². The van der Waals surface area contributed by atoms with Crippen LogP contribution in [0.3, 0.4) is 0 Å². The van der Waals surface area contributed by atoms with E-state index in [1.54, 1.807) is 6.07 Å². The third kappa shape index (κ3) is 3.92. The molecule has 0 heterocycles. The highest BCUT2D eigenvalue weighted by molar-refractivity contribution is 5.31. The lowest BCUT2D eigenvalue weighted by Crippen LogP contribution is -2.19. The molecule has 112 valence electrons. The van der Waals surface area contributed by atoms with Gasteiger partial charge in [-0.05, 0) is 60.7 Å². The standard InChI is InChI=1S/C19H24FN/c1-13(2)15-5-7-16(8-6-15)19(21-4)12-17-9-10-18(20)11-14(17)3/h5-11,13,19,21H,12H2,1-4H3. The van der Waals surface area contributed by atoms with Crippen molar-refractivity contribution in [1.29, 1.82) is 0 Å². The van der Waals surface area contributed by atoms with E-state index in [4.69, 9.17) is 0 Å². The smallest absolute Gasteiger partial charge is 0.123 e. The summed E-state index contributed by atoms with van der Waals surface area (Å²) >= 11 is 0. The van der Waals surface area contributed by atoms with E-state index >= 15 is 0 Å². The third-order valence-corrected chi connectivity index (χ3v) is 4.08. The lowest BCUT2D eigenvalue weighted by atomic mass is 9.94. The second-order valence-electron chi connectivity index (χ2n) is 5.94. The molecule has 2 heteroatoms. The fraction of sp³-hybridized carbons (Fsp3) is 0.368. The number of rotatable bonds is 5. The van der Waals surface area contributed by atoms with Gasteiger partial charge in [0.15, 0.2) is 0 Å². The third-order valence-electron chi connectivity index (χ3n) is 4.08. The zero-order chi connectivity index (χ0) is 15.4. The highest BCUT2D eigenvalue weighted by atomic mass is 19.1. The molecule has 0 fully saturated rings. The molecule has 0 bridgehead atoms. The molecule has 0 aromatic heterocycles. The minimum absolute atomic E-state index is 0.168. The van der Waals surface area contributed by atoms with Gasteiger partial charge in [-0.3, -0.25) is 0 Å². The minimum Gasteiger partial charge on any atom is -0.313 e. The zero-order valence-corrected chi connectivity index (χ0v) is 13.3. The number of halogens is 1. The van der Waals surface area contributed by atoms with Gasteiger partial charge >= 0.3 is 0 Å². The molecule has 0 aliphatic rings. The monoisotopic (exact) mass is 285 g/mol. The van der Waals surface area contributed by atoms with Gasteiger partial charge in [-0.15, -0.1) is 0 Å². The number of benzene rings is 2. The summed E-state index contributed by atoms with van der Waals surface area (Å²) in [7, 11) is 1.97. The number of aryl methyl sites for hydroxylation is 1. The maximum Gasteiger partial charge on any atom is 0.123 e. The van der Waals surface area contributed by atoms with Crippen LogP contribution in [0, 0.1) is 12.7 Å². The average molecular weight is 285 g/mol. The van der Waals surface area contributed by atoms with Crippen LogP contribution in [0.25, 0.3) is 0 Å². The molecule has 21 heavy (non-hydrogen) atoms. The summed E-state index contributed by atoms with van der Waals surface area (Å²) < 4.78 is 13.2. The quantitative estimate of drug-likeness (QED) is 0.835. The molecule has 1 N–H and O–H groups in total. The zero-order valence-electron chi connectivity index (χ0n) is 13.3. The highest BCUT2D eigenvalue weighted by Gasteiger charge is 2.12. The van der Waals surface area contributed by atoms with Gasteiger partial charge in [-0.25, -0.2) is 4.39 Å². The normalized spacial score (nSPS) is 12.7. The molecule has 0 spiro atoms. The Labute approximate surface area is 127 Å². The molecular formula is C19H24FN. The van der Waals surface area contributed by atoms with Crippen molar-refractivity contribution in [2.75, 3.05) is 7.05 Å². The molecule has 0 radical (unpaired) electrons. The van der Waals surface area contributed by atoms with Gasteiger partial charge in [0, 0.05) is 6.04 Å². The van der Waals surface area contributed by atoms with E-state index in [0.29, 0.717) is 5.92 Å². The van der Waals surface area contributed by atoms with Crippen LogP contribution in [-0.4, -0.2) is 7.05 Å². The Bertz CT molecular complexity index is 587. The summed E-state index contributed by atoms with van der Waals surface area (Å²) in [6.07, 6.45) is 0.865. The van der Waals surface area contributed by atoms with Gasteiger partial charge in [0.2, 0.25) is 0 Å². The van der Waals surface area contributed by atoms with Crippen molar-refractivity contribution in [3.63, 3.8) is 0 Å². The molecule has 1 unspecified atom stereocenters. The van der Waals surface area contributed by atoms with E-state index in [0.717, 1.165) is 12.0 Å². The molecule has 0 aliphatic heterocycles. The molecule has 0 aliphatic carbocycles. The molecule has 0 amide bonds. The van der Waals surface area contributed by atoms with Crippen LogP contribution in [0.15, 0.2) is 42.5 Å². The van der Waals surface area contributed by atoms with E-state index in [9.17, 15) is 4.39 Å². The first-order valence-electron chi connectivity index (χ1n) is 7.53. The maximum absolute atomic E-state index is 13.2. The molecule has 0 saturated heterocycles. The fourth-order valence-corrected chi connectivity index (χ4v) is 2.61. The van der Waals surface area contributed by atoms with Gasteiger partial charge < -0.3 is 5.32 Å². The van der Waals surface area contributed by atoms with Crippen LogP contribution >= 0.6 is 0 Å². The van der Waals surface area contributed by atoms with Crippen LogP contribution in [-0.2, 0) is 6.42 Å². The van der Waals surface area contributed by atoms with Crippen molar-refractivity contribution in [2.24, 2.45) is 0 Å². The van der Waals surface area contributed by atoms with Gasteiger partial charge in [-0.1, -0.05) is 44.2 Å². The summed E-state index contributed by atoms with van der Waals surface area (Å²) in [6, 6.07) is 14.0. The molecule has 1 nitrogen and oxygen atoms in total. The maximum atomic E-state index is 13.2. The van der Waals surface area contributed by atoms with Crippen molar-refractivity contribution in [3.05, 3.63) is 70.5 Å². The van der Waals surface area contributed by atoms with Gasteiger partial charge in [0.1, 0.15) is 5.82 Å². The van der Waals surface area contributed by atoms with Gasteiger partial charge in [0.25, 0.3) is 0 Å². The average Bonchev–Trinajstić information content (AvgIpc) is 2.47. The lowest BCUT2D eigenvalue weighted by Gasteiger charge is -2.19. The Kier molecular flexibility index (Phi) is 5.13. The van der Waals surface area contributed by atoms with E-state index in [2.05, 4.69) is 43.4 Å². The molecule has 2 aromatic rings. The second kappa shape index (κ2) is 6.86. The van der Waals surface area contributed by atoms with E-state index in [1.807, 2.05) is 20.0 Å². The first kappa shape index (κ1) is 15.7. The Hall–Kier alpha value is -1.67. The van der Waals surface area contributed by atoms with Crippen LogP contribution in [0.2, 0.25) is 0 Å². The summed E-state index contributed by atoms with van der Waals surface area (Å²) in [5, 5.41) is 3.36. The number of nitrogens with one attached hydrogen (secondary N) is 1. The van der Waals surface area contributed by atoms with Crippen LogP contribution < -0.4 is 5.32 Å². The first-order valence-corrected chi connectivity index (χ1v) is 7.53. The van der Waals surface area contributed by atoms with Crippen molar-refractivity contribution < 1.29 is 4.39 Å². The van der Waals surface area contributed by atoms with Crippen LogP contribution in [0.4, 0.5) is 4.39 Å². The Balaban J connectivity index is 2.19. The fourth-order valence-electron chi connectivity index (χ4n) is 2.61. The molecule has 2 aromatic carbocycles. The predicted molar refractivity (Wildman–Crippen MR) is 87.2 cm³/mol. The Morgan fingerprint density at radius 2 is 1.62 bits per heavy atom.